The molecule has 0 aliphatic heterocycles. The van der Waals surface area contributed by atoms with Crippen molar-refractivity contribution in [1.29, 1.82) is 0 Å². The van der Waals surface area contributed by atoms with E-state index >= 15 is 0 Å². The number of benzene rings is 1. The number of rotatable bonds is 2. The molecule has 1 rings (SSSR count). The lowest BCUT2D eigenvalue weighted by Crippen LogP contribution is -2.08. The average molecular weight is 303 g/mol. The minimum atomic E-state index is -0.0203. The van der Waals surface area contributed by atoms with Crippen LogP contribution in [0.4, 0.5) is 5.69 Å². The van der Waals surface area contributed by atoms with Gasteiger partial charge in [0, 0.05) is 16.2 Å². The first-order chi connectivity index (χ1) is 6.50. The van der Waals surface area contributed by atoms with Gasteiger partial charge in [-0.05, 0) is 52.3 Å². The number of amides is 1. The predicted molar refractivity (Wildman–Crippen MR) is 67.6 cm³/mol. The first-order valence-corrected chi connectivity index (χ1v) is 5.65. The summed E-state index contributed by atoms with van der Waals surface area (Å²) in [5.74, 6) is 0.402. The molecule has 14 heavy (non-hydrogen) atoms. The van der Waals surface area contributed by atoms with Crippen LogP contribution in [0.3, 0.4) is 0 Å². The summed E-state index contributed by atoms with van der Waals surface area (Å²) in [6.45, 7) is 5.77. The first-order valence-electron chi connectivity index (χ1n) is 4.57. The Morgan fingerprint density at radius 3 is 2.57 bits per heavy atom. The van der Waals surface area contributed by atoms with E-state index in [1.807, 2.05) is 12.1 Å². The van der Waals surface area contributed by atoms with Crippen molar-refractivity contribution < 1.29 is 4.79 Å². The molecule has 2 nitrogen and oxygen atoms in total. The Bertz CT molecular complexity index is 347. The van der Waals surface area contributed by atoms with Gasteiger partial charge in [-0.25, -0.2) is 0 Å². The summed E-state index contributed by atoms with van der Waals surface area (Å²) in [6, 6.07) is 6.06. The smallest absolute Gasteiger partial charge is 0.221 e. The van der Waals surface area contributed by atoms with Crippen molar-refractivity contribution in [2.45, 2.75) is 26.7 Å². The van der Waals surface area contributed by atoms with E-state index in [2.05, 4.69) is 47.8 Å². The Morgan fingerprint density at radius 2 is 2.07 bits per heavy atom. The van der Waals surface area contributed by atoms with Crippen molar-refractivity contribution >= 4 is 34.2 Å². The Balaban J connectivity index is 3.08. The van der Waals surface area contributed by atoms with Gasteiger partial charge in [0.1, 0.15) is 0 Å². The summed E-state index contributed by atoms with van der Waals surface area (Å²) < 4.78 is 1.19. The Kier molecular flexibility index (Phi) is 3.92. The standard InChI is InChI=1S/C11H14INO/c1-7(2)10-6-9(12)4-5-11(10)13-8(3)14/h4-7H,1-3H3,(H,13,14). The lowest BCUT2D eigenvalue weighted by molar-refractivity contribution is -0.114. The van der Waals surface area contributed by atoms with Crippen LogP contribution in [0.1, 0.15) is 32.3 Å². The third-order valence-corrected chi connectivity index (χ3v) is 2.62. The number of carbonyl (C=O) groups is 1. The van der Waals surface area contributed by atoms with Gasteiger partial charge in [-0.3, -0.25) is 4.79 Å². The van der Waals surface area contributed by atoms with E-state index < -0.39 is 0 Å². The summed E-state index contributed by atoms with van der Waals surface area (Å²) in [7, 11) is 0. The van der Waals surface area contributed by atoms with E-state index in [4.69, 9.17) is 0 Å². The monoisotopic (exact) mass is 303 g/mol. The molecular formula is C11H14INO. The van der Waals surface area contributed by atoms with Crippen molar-refractivity contribution in [2.24, 2.45) is 0 Å². The molecule has 0 spiro atoms. The first kappa shape index (κ1) is 11.5. The van der Waals surface area contributed by atoms with E-state index in [-0.39, 0.29) is 5.91 Å². The number of nitrogens with one attached hydrogen (secondary N) is 1. The number of anilines is 1. The van der Waals surface area contributed by atoms with Gasteiger partial charge in [0.25, 0.3) is 0 Å². The highest BCUT2D eigenvalue weighted by atomic mass is 127. The van der Waals surface area contributed by atoms with Gasteiger partial charge < -0.3 is 5.32 Å². The quantitative estimate of drug-likeness (QED) is 0.834. The third-order valence-electron chi connectivity index (χ3n) is 1.95. The molecule has 3 heteroatoms. The largest absolute Gasteiger partial charge is 0.326 e. The molecule has 0 heterocycles. The van der Waals surface area contributed by atoms with Gasteiger partial charge in [0.05, 0.1) is 0 Å². The van der Waals surface area contributed by atoms with Crippen LogP contribution in [0.2, 0.25) is 0 Å². The van der Waals surface area contributed by atoms with Crippen molar-refractivity contribution in [1.82, 2.24) is 0 Å². The fourth-order valence-corrected chi connectivity index (χ4v) is 1.83. The molecule has 0 aliphatic rings. The fourth-order valence-electron chi connectivity index (χ4n) is 1.31. The molecule has 0 radical (unpaired) electrons. The van der Waals surface area contributed by atoms with Crippen LogP contribution in [0.25, 0.3) is 0 Å². The molecule has 0 fully saturated rings. The van der Waals surface area contributed by atoms with Crippen LogP contribution in [-0.4, -0.2) is 5.91 Å². The van der Waals surface area contributed by atoms with Crippen LogP contribution in [0, 0.1) is 3.57 Å². The van der Waals surface area contributed by atoms with E-state index in [0.29, 0.717) is 5.92 Å². The highest BCUT2D eigenvalue weighted by Gasteiger charge is 2.07. The lowest BCUT2D eigenvalue weighted by atomic mass is 10.0. The van der Waals surface area contributed by atoms with Crippen LogP contribution in [0.5, 0.6) is 0 Å². The normalized spacial score (nSPS) is 10.4. The van der Waals surface area contributed by atoms with Gasteiger partial charge in [-0.2, -0.15) is 0 Å². The van der Waals surface area contributed by atoms with E-state index in [1.54, 1.807) is 0 Å². The second-order valence-corrected chi connectivity index (χ2v) is 4.81. The second kappa shape index (κ2) is 4.77. The molecule has 0 unspecified atom stereocenters. The van der Waals surface area contributed by atoms with Crippen molar-refractivity contribution in [3.05, 3.63) is 27.3 Å². The summed E-state index contributed by atoms with van der Waals surface area (Å²) in [6.07, 6.45) is 0. The molecule has 0 aliphatic carbocycles. The molecule has 0 aromatic heterocycles. The molecule has 1 aromatic rings. The molecule has 0 saturated carbocycles. The number of hydrogen-bond acceptors (Lipinski definition) is 1. The van der Waals surface area contributed by atoms with Crippen LogP contribution < -0.4 is 5.32 Å². The molecular weight excluding hydrogens is 289 g/mol. The topological polar surface area (TPSA) is 29.1 Å². The van der Waals surface area contributed by atoms with Gasteiger partial charge in [-0.1, -0.05) is 13.8 Å². The molecule has 1 aromatic carbocycles. The maximum atomic E-state index is 11.0. The van der Waals surface area contributed by atoms with Crippen molar-refractivity contribution in [2.75, 3.05) is 5.32 Å². The number of halogens is 1. The molecule has 76 valence electrons. The zero-order valence-corrected chi connectivity index (χ0v) is 10.8. The Morgan fingerprint density at radius 1 is 1.43 bits per heavy atom. The Hall–Kier alpha value is -0.580. The van der Waals surface area contributed by atoms with Crippen molar-refractivity contribution in [3.63, 3.8) is 0 Å². The molecule has 1 amide bonds. The van der Waals surface area contributed by atoms with Gasteiger partial charge >= 0.3 is 0 Å². The number of hydrogen-bond donors (Lipinski definition) is 1. The zero-order chi connectivity index (χ0) is 10.7. The zero-order valence-electron chi connectivity index (χ0n) is 8.60. The molecule has 0 atom stereocenters. The minimum Gasteiger partial charge on any atom is -0.326 e. The lowest BCUT2D eigenvalue weighted by Gasteiger charge is -2.13. The van der Waals surface area contributed by atoms with Crippen LogP contribution in [0.15, 0.2) is 18.2 Å². The average Bonchev–Trinajstić information content (AvgIpc) is 2.07. The summed E-state index contributed by atoms with van der Waals surface area (Å²) in [5, 5.41) is 2.84. The Labute approximate surface area is 98.2 Å². The molecule has 1 N–H and O–H groups in total. The highest BCUT2D eigenvalue weighted by Crippen LogP contribution is 2.26. The van der Waals surface area contributed by atoms with Gasteiger partial charge in [0.2, 0.25) is 5.91 Å². The van der Waals surface area contributed by atoms with E-state index in [0.717, 1.165) is 5.69 Å². The van der Waals surface area contributed by atoms with Gasteiger partial charge in [0.15, 0.2) is 0 Å². The van der Waals surface area contributed by atoms with Crippen molar-refractivity contribution in [3.8, 4) is 0 Å². The number of carbonyl (C=O) groups excluding carboxylic acids is 1. The fraction of sp³-hybridized carbons (Fsp3) is 0.364. The predicted octanol–water partition coefficient (Wildman–Crippen LogP) is 3.37. The third kappa shape index (κ3) is 2.97. The van der Waals surface area contributed by atoms with Crippen LogP contribution >= 0.6 is 22.6 Å². The molecule has 0 saturated heterocycles. The van der Waals surface area contributed by atoms with E-state index in [9.17, 15) is 4.79 Å². The highest BCUT2D eigenvalue weighted by molar-refractivity contribution is 14.1. The summed E-state index contributed by atoms with van der Waals surface area (Å²) >= 11 is 2.28. The summed E-state index contributed by atoms with van der Waals surface area (Å²) in [4.78, 5) is 11.0. The molecule has 0 bridgehead atoms. The van der Waals surface area contributed by atoms with E-state index in [1.165, 1.54) is 16.1 Å². The van der Waals surface area contributed by atoms with Crippen LogP contribution in [-0.2, 0) is 4.79 Å². The summed E-state index contributed by atoms with van der Waals surface area (Å²) in [5.41, 5.74) is 2.11. The van der Waals surface area contributed by atoms with Gasteiger partial charge in [-0.15, -0.1) is 0 Å². The maximum Gasteiger partial charge on any atom is 0.221 e. The maximum absolute atomic E-state index is 11.0. The minimum absolute atomic E-state index is 0.0203. The SMILES string of the molecule is CC(=O)Nc1ccc(I)cc1C(C)C. The second-order valence-electron chi connectivity index (χ2n) is 3.57.